The van der Waals surface area contributed by atoms with Gasteiger partial charge in [-0.15, -0.1) is 12.4 Å². The molecule has 1 rings (SSSR count). The smallest absolute Gasteiger partial charge is 0.236 e. The average molecular weight is 323 g/mol. The van der Waals surface area contributed by atoms with Crippen LogP contribution in [-0.4, -0.2) is 30.5 Å². The van der Waals surface area contributed by atoms with E-state index in [-0.39, 0.29) is 24.4 Å². The molecular weight excluding hydrogens is 292 g/mol. The maximum absolute atomic E-state index is 12.0. The monoisotopic (exact) mass is 322 g/mol. The molecule has 0 unspecified atom stereocenters. The molecule has 0 aromatic rings. The molecule has 3 nitrogen and oxygen atoms in total. The van der Waals surface area contributed by atoms with Gasteiger partial charge < -0.3 is 11.1 Å². The first-order valence-electron chi connectivity index (χ1n) is 7.51. The van der Waals surface area contributed by atoms with Gasteiger partial charge in [-0.05, 0) is 49.0 Å². The van der Waals surface area contributed by atoms with Crippen LogP contribution in [0.2, 0.25) is 0 Å². The molecule has 0 aliphatic heterocycles. The molecule has 1 aliphatic rings. The molecule has 3 N–H and O–H groups in total. The van der Waals surface area contributed by atoms with Gasteiger partial charge in [-0.1, -0.05) is 26.7 Å². The highest BCUT2D eigenvalue weighted by Crippen LogP contribution is 2.42. The van der Waals surface area contributed by atoms with Crippen LogP contribution in [-0.2, 0) is 4.79 Å². The van der Waals surface area contributed by atoms with Gasteiger partial charge in [-0.2, -0.15) is 11.8 Å². The Labute approximate surface area is 134 Å². The summed E-state index contributed by atoms with van der Waals surface area (Å²) < 4.78 is 0. The molecule has 1 fully saturated rings. The van der Waals surface area contributed by atoms with Crippen LogP contribution in [0.5, 0.6) is 0 Å². The van der Waals surface area contributed by atoms with E-state index < -0.39 is 0 Å². The quantitative estimate of drug-likeness (QED) is 0.721. The molecule has 0 aromatic carbocycles. The zero-order valence-corrected chi connectivity index (χ0v) is 14.7. The Bertz CT molecular complexity index is 281. The summed E-state index contributed by atoms with van der Waals surface area (Å²) in [6.07, 6.45) is 9.15. The summed E-state index contributed by atoms with van der Waals surface area (Å²) in [7, 11) is 0. The predicted molar refractivity (Wildman–Crippen MR) is 91.6 cm³/mol. The molecule has 1 atom stereocenters. The summed E-state index contributed by atoms with van der Waals surface area (Å²) in [6, 6.07) is -0.343. The van der Waals surface area contributed by atoms with Crippen molar-refractivity contribution in [2.24, 2.45) is 17.1 Å². The Hall–Kier alpha value is 0.0700. The van der Waals surface area contributed by atoms with Crippen LogP contribution in [0.4, 0.5) is 0 Å². The zero-order chi connectivity index (χ0) is 14.3. The van der Waals surface area contributed by atoms with Gasteiger partial charge in [0.25, 0.3) is 0 Å². The molecular formula is C15H31ClN2OS. The van der Waals surface area contributed by atoms with E-state index in [1.54, 1.807) is 11.8 Å². The highest BCUT2D eigenvalue weighted by Gasteiger charge is 2.34. The van der Waals surface area contributed by atoms with Gasteiger partial charge in [0, 0.05) is 6.54 Å². The lowest BCUT2D eigenvalue weighted by atomic mass is 9.78. The third-order valence-corrected chi connectivity index (χ3v) is 4.76. The first-order valence-corrected chi connectivity index (χ1v) is 8.91. The zero-order valence-electron chi connectivity index (χ0n) is 13.1. The van der Waals surface area contributed by atoms with Crippen molar-refractivity contribution in [2.45, 2.75) is 58.4 Å². The Morgan fingerprint density at radius 2 is 1.95 bits per heavy atom. The van der Waals surface area contributed by atoms with Gasteiger partial charge in [0.2, 0.25) is 5.91 Å². The number of thioether (sulfide) groups is 1. The van der Waals surface area contributed by atoms with Crippen molar-refractivity contribution < 1.29 is 4.79 Å². The largest absolute Gasteiger partial charge is 0.354 e. The Balaban J connectivity index is 0.00000361. The minimum absolute atomic E-state index is 0. The predicted octanol–water partition coefficient (Wildman–Crippen LogP) is 3.21. The number of carbonyl (C=O) groups excluding carboxylic acids is 1. The number of nitrogens with two attached hydrogens (primary N) is 1. The van der Waals surface area contributed by atoms with E-state index in [0.29, 0.717) is 11.3 Å². The minimum atomic E-state index is -0.343. The van der Waals surface area contributed by atoms with E-state index in [1.165, 1.54) is 32.1 Å². The maximum atomic E-state index is 12.0. The minimum Gasteiger partial charge on any atom is -0.354 e. The first kappa shape index (κ1) is 20.1. The number of carbonyl (C=O) groups is 1. The van der Waals surface area contributed by atoms with Crippen molar-refractivity contribution in [3.05, 3.63) is 0 Å². The van der Waals surface area contributed by atoms with Gasteiger partial charge in [-0.25, -0.2) is 0 Å². The number of hydrogen-bond acceptors (Lipinski definition) is 3. The van der Waals surface area contributed by atoms with E-state index in [2.05, 4.69) is 19.2 Å². The lowest BCUT2D eigenvalue weighted by molar-refractivity contribution is -0.123. The van der Waals surface area contributed by atoms with E-state index in [0.717, 1.165) is 18.7 Å². The van der Waals surface area contributed by atoms with Gasteiger partial charge >= 0.3 is 0 Å². The maximum Gasteiger partial charge on any atom is 0.236 e. The highest BCUT2D eigenvalue weighted by molar-refractivity contribution is 7.98. The molecule has 1 saturated carbocycles. The molecule has 1 aliphatic carbocycles. The molecule has 0 saturated heterocycles. The van der Waals surface area contributed by atoms with Crippen LogP contribution in [0.25, 0.3) is 0 Å². The Morgan fingerprint density at radius 3 is 2.45 bits per heavy atom. The molecule has 5 heteroatoms. The summed E-state index contributed by atoms with van der Waals surface area (Å²) >= 11 is 1.74. The topological polar surface area (TPSA) is 55.1 Å². The third kappa shape index (κ3) is 6.68. The standard InChI is InChI=1S/C15H30N2OS.ClH/c1-12(2)10-15(7-4-5-8-15)11-17-14(18)13(16)6-9-19-3;/h12-13H,4-11,16H2,1-3H3,(H,17,18);1H/t13-;/m0./s1. The number of rotatable bonds is 8. The number of halogens is 1. The summed E-state index contributed by atoms with van der Waals surface area (Å²) in [5.41, 5.74) is 6.24. The van der Waals surface area contributed by atoms with Crippen LogP contribution < -0.4 is 11.1 Å². The third-order valence-electron chi connectivity index (χ3n) is 4.11. The summed E-state index contributed by atoms with van der Waals surface area (Å²) in [4.78, 5) is 12.0. The van der Waals surface area contributed by atoms with Crippen LogP contribution in [0.3, 0.4) is 0 Å². The SMILES string of the molecule is CSCC[C@H](N)C(=O)NCC1(CC(C)C)CCCC1.Cl. The fourth-order valence-corrected chi connectivity index (χ4v) is 3.72. The average Bonchev–Trinajstić information content (AvgIpc) is 2.81. The fourth-order valence-electron chi connectivity index (χ4n) is 3.23. The number of amides is 1. The summed E-state index contributed by atoms with van der Waals surface area (Å²) in [5.74, 6) is 1.68. The Kier molecular flexibility index (Phi) is 9.94. The van der Waals surface area contributed by atoms with Crippen molar-refractivity contribution in [3.63, 3.8) is 0 Å². The molecule has 1 amide bonds. The Morgan fingerprint density at radius 1 is 1.35 bits per heavy atom. The second kappa shape index (κ2) is 9.91. The van der Waals surface area contributed by atoms with Crippen molar-refractivity contribution in [2.75, 3.05) is 18.6 Å². The van der Waals surface area contributed by atoms with Crippen LogP contribution >= 0.6 is 24.2 Å². The van der Waals surface area contributed by atoms with Crippen molar-refractivity contribution >= 4 is 30.1 Å². The van der Waals surface area contributed by atoms with E-state index in [1.807, 2.05) is 6.26 Å². The van der Waals surface area contributed by atoms with Crippen LogP contribution in [0.15, 0.2) is 0 Å². The van der Waals surface area contributed by atoms with Gasteiger partial charge in [0.1, 0.15) is 0 Å². The van der Waals surface area contributed by atoms with Crippen molar-refractivity contribution in [1.29, 1.82) is 0 Å². The van der Waals surface area contributed by atoms with Crippen molar-refractivity contribution in [1.82, 2.24) is 5.32 Å². The summed E-state index contributed by atoms with van der Waals surface area (Å²) in [6.45, 7) is 5.36. The van der Waals surface area contributed by atoms with E-state index in [4.69, 9.17) is 5.73 Å². The molecule has 20 heavy (non-hydrogen) atoms. The molecule has 0 radical (unpaired) electrons. The molecule has 0 aromatic heterocycles. The second-order valence-electron chi connectivity index (χ2n) is 6.41. The first-order chi connectivity index (χ1) is 8.99. The van der Waals surface area contributed by atoms with Crippen LogP contribution in [0, 0.1) is 11.3 Å². The normalized spacial score (nSPS) is 18.6. The lowest BCUT2D eigenvalue weighted by Gasteiger charge is -2.31. The number of hydrogen-bond donors (Lipinski definition) is 2. The van der Waals surface area contributed by atoms with E-state index >= 15 is 0 Å². The molecule has 0 heterocycles. The van der Waals surface area contributed by atoms with Crippen LogP contribution in [0.1, 0.15) is 52.4 Å². The highest BCUT2D eigenvalue weighted by atomic mass is 35.5. The number of nitrogens with one attached hydrogen (secondary N) is 1. The molecule has 0 bridgehead atoms. The second-order valence-corrected chi connectivity index (χ2v) is 7.40. The lowest BCUT2D eigenvalue weighted by Crippen LogP contribution is -2.45. The van der Waals surface area contributed by atoms with Gasteiger partial charge in [0.05, 0.1) is 6.04 Å². The van der Waals surface area contributed by atoms with Crippen molar-refractivity contribution in [3.8, 4) is 0 Å². The van der Waals surface area contributed by atoms with E-state index in [9.17, 15) is 4.79 Å². The molecule has 120 valence electrons. The van der Waals surface area contributed by atoms with Gasteiger partial charge in [0.15, 0.2) is 0 Å². The fraction of sp³-hybridized carbons (Fsp3) is 0.933. The molecule has 0 spiro atoms. The summed E-state index contributed by atoms with van der Waals surface area (Å²) in [5, 5.41) is 3.11. The van der Waals surface area contributed by atoms with Gasteiger partial charge in [-0.3, -0.25) is 4.79 Å².